The van der Waals surface area contributed by atoms with E-state index in [0.29, 0.717) is 0 Å². The van der Waals surface area contributed by atoms with Crippen molar-refractivity contribution in [1.82, 2.24) is 15.0 Å². The molecule has 1 amide bonds. The minimum absolute atomic E-state index is 0.0219. The molecule has 1 aliphatic heterocycles. The van der Waals surface area contributed by atoms with Gasteiger partial charge in [0, 0.05) is 37.0 Å². The van der Waals surface area contributed by atoms with Gasteiger partial charge in [-0.05, 0) is 26.7 Å². The maximum atomic E-state index is 11.6. The molecule has 0 spiro atoms. The first-order valence-electron chi connectivity index (χ1n) is 8.61. The van der Waals surface area contributed by atoms with E-state index in [4.69, 9.17) is 5.73 Å². The van der Waals surface area contributed by atoms with Crippen molar-refractivity contribution < 1.29 is 9.72 Å². The van der Waals surface area contributed by atoms with Gasteiger partial charge in [-0.25, -0.2) is 15.0 Å². The molecule has 0 saturated carbocycles. The maximum Gasteiger partial charge on any atom is 0.288 e. The molecule has 2 aromatic heterocycles. The van der Waals surface area contributed by atoms with Crippen LogP contribution in [0, 0.1) is 24.0 Å². The number of piperidine rings is 1. The van der Waals surface area contributed by atoms with Gasteiger partial charge >= 0.3 is 0 Å². The predicted octanol–water partition coefficient (Wildman–Crippen LogP) is 1.58. The van der Waals surface area contributed by atoms with Gasteiger partial charge in [-0.2, -0.15) is 0 Å². The molecule has 0 atom stereocenters. The number of aromatic nitrogens is 3. The van der Waals surface area contributed by atoms with Crippen LogP contribution in [0.3, 0.4) is 0 Å². The molecule has 2 aromatic rings. The van der Waals surface area contributed by atoms with Crippen LogP contribution in [0.15, 0.2) is 18.3 Å². The number of aryl methyl sites for hydroxylation is 2. The van der Waals surface area contributed by atoms with Gasteiger partial charge in [0.2, 0.25) is 0 Å². The van der Waals surface area contributed by atoms with Crippen molar-refractivity contribution in [3.8, 4) is 0 Å². The minimum Gasteiger partial charge on any atom is -0.367 e. The number of nitrogens with zero attached hydrogens (tertiary/aromatic N) is 5. The summed E-state index contributed by atoms with van der Waals surface area (Å²) in [4.78, 5) is 36.9. The zero-order valence-electron chi connectivity index (χ0n) is 15.2. The number of carbonyl (C=O) groups is 1. The highest BCUT2D eigenvalue weighted by atomic mass is 16.6. The first-order valence-corrected chi connectivity index (χ1v) is 8.61. The summed E-state index contributed by atoms with van der Waals surface area (Å²) in [5.74, 6) is 1.18. The second kappa shape index (κ2) is 7.52. The zero-order chi connectivity index (χ0) is 19.6. The van der Waals surface area contributed by atoms with Gasteiger partial charge in [0.05, 0.1) is 10.5 Å². The van der Waals surface area contributed by atoms with Crippen LogP contribution >= 0.6 is 0 Å². The summed E-state index contributed by atoms with van der Waals surface area (Å²) in [5, 5.41) is 14.1. The first kappa shape index (κ1) is 18.5. The highest BCUT2D eigenvalue weighted by Crippen LogP contribution is 2.24. The van der Waals surface area contributed by atoms with E-state index in [1.807, 2.05) is 19.9 Å². The Labute approximate surface area is 156 Å². The summed E-state index contributed by atoms with van der Waals surface area (Å²) in [6.45, 7) is 5.38. The smallest absolute Gasteiger partial charge is 0.288 e. The van der Waals surface area contributed by atoms with Gasteiger partial charge in [0.1, 0.15) is 23.7 Å². The number of rotatable bonds is 5. The first-order chi connectivity index (χ1) is 12.8. The number of amides is 1. The molecular formula is C17H21N7O3. The summed E-state index contributed by atoms with van der Waals surface area (Å²) in [6.07, 6.45) is 2.73. The fourth-order valence-electron chi connectivity index (χ4n) is 3.16. The van der Waals surface area contributed by atoms with Crippen LogP contribution in [0.25, 0.3) is 0 Å². The molecule has 3 N–H and O–H groups in total. The van der Waals surface area contributed by atoms with E-state index in [1.165, 1.54) is 0 Å². The average Bonchev–Trinajstić information content (AvgIpc) is 2.61. The zero-order valence-corrected chi connectivity index (χ0v) is 15.2. The van der Waals surface area contributed by atoms with Crippen molar-refractivity contribution in [2.45, 2.75) is 32.7 Å². The number of nitrogens with two attached hydrogens (primary N) is 1. The average molecular weight is 371 g/mol. The molecule has 0 unspecified atom stereocenters. The van der Waals surface area contributed by atoms with Crippen LogP contribution in [0.1, 0.15) is 34.7 Å². The van der Waals surface area contributed by atoms with E-state index >= 15 is 0 Å². The number of anilines is 2. The van der Waals surface area contributed by atoms with Gasteiger partial charge in [-0.3, -0.25) is 14.9 Å². The fourth-order valence-corrected chi connectivity index (χ4v) is 3.16. The van der Waals surface area contributed by atoms with Crippen LogP contribution in [-0.4, -0.2) is 44.9 Å². The third kappa shape index (κ3) is 4.27. The Morgan fingerprint density at radius 1 is 1.30 bits per heavy atom. The van der Waals surface area contributed by atoms with Crippen LogP contribution in [0.2, 0.25) is 0 Å². The second-order valence-electron chi connectivity index (χ2n) is 6.53. The lowest BCUT2D eigenvalue weighted by atomic mass is 10.0. The Kier molecular flexibility index (Phi) is 5.15. The number of hydrogen-bond acceptors (Lipinski definition) is 8. The number of hydrogen-bond donors (Lipinski definition) is 2. The highest BCUT2D eigenvalue weighted by Gasteiger charge is 2.23. The molecular weight excluding hydrogens is 350 g/mol. The van der Waals surface area contributed by atoms with Crippen molar-refractivity contribution in [1.29, 1.82) is 0 Å². The van der Waals surface area contributed by atoms with E-state index in [1.54, 1.807) is 0 Å². The fraction of sp³-hybridized carbons (Fsp3) is 0.412. The van der Waals surface area contributed by atoms with Crippen LogP contribution < -0.4 is 16.0 Å². The SMILES string of the molecule is Cc1cc(N2CCC(Nc3ncc([N+](=O)[O-])cc3C(N)=O)CC2)nc(C)n1. The molecule has 1 saturated heterocycles. The third-order valence-electron chi connectivity index (χ3n) is 4.46. The summed E-state index contributed by atoms with van der Waals surface area (Å²) in [7, 11) is 0. The molecule has 27 heavy (non-hydrogen) atoms. The molecule has 1 aliphatic rings. The van der Waals surface area contributed by atoms with Crippen LogP contribution in [-0.2, 0) is 0 Å². The van der Waals surface area contributed by atoms with E-state index in [9.17, 15) is 14.9 Å². The molecule has 10 nitrogen and oxygen atoms in total. The van der Waals surface area contributed by atoms with Crippen molar-refractivity contribution in [3.05, 3.63) is 45.5 Å². The number of pyridine rings is 1. The topological polar surface area (TPSA) is 140 Å². The molecule has 0 aliphatic carbocycles. The standard InChI is InChI=1S/C17H21N7O3/c1-10-7-15(21-11(2)20-10)23-5-3-12(4-6-23)22-17-14(16(18)25)8-13(9-19-17)24(26)27/h7-9,12H,3-6H2,1-2H3,(H2,18,25)(H,19,22). The van der Waals surface area contributed by atoms with E-state index in [-0.39, 0.29) is 23.1 Å². The number of primary amides is 1. The Balaban J connectivity index is 1.69. The maximum absolute atomic E-state index is 11.6. The molecule has 0 aromatic carbocycles. The minimum atomic E-state index is -0.752. The lowest BCUT2D eigenvalue weighted by Crippen LogP contribution is -2.40. The van der Waals surface area contributed by atoms with E-state index in [2.05, 4.69) is 25.2 Å². The summed E-state index contributed by atoms with van der Waals surface area (Å²) in [5.41, 5.74) is 6.04. The Morgan fingerprint density at radius 3 is 2.59 bits per heavy atom. The third-order valence-corrected chi connectivity index (χ3v) is 4.46. The molecule has 3 heterocycles. The molecule has 0 bridgehead atoms. The van der Waals surface area contributed by atoms with Crippen molar-refractivity contribution in [2.24, 2.45) is 5.73 Å². The lowest BCUT2D eigenvalue weighted by molar-refractivity contribution is -0.385. The predicted molar refractivity (Wildman–Crippen MR) is 99.8 cm³/mol. The normalized spacial score (nSPS) is 14.8. The van der Waals surface area contributed by atoms with Gasteiger partial charge in [-0.15, -0.1) is 0 Å². The van der Waals surface area contributed by atoms with Crippen LogP contribution in [0.4, 0.5) is 17.3 Å². The summed E-state index contributed by atoms with van der Waals surface area (Å²) in [6, 6.07) is 3.20. The number of nitrogens with one attached hydrogen (secondary N) is 1. The van der Waals surface area contributed by atoms with Gasteiger partial charge in [0.15, 0.2) is 0 Å². The van der Waals surface area contributed by atoms with Crippen molar-refractivity contribution >= 4 is 23.2 Å². The quantitative estimate of drug-likeness (QED) is 0.596. The van der Waals surface area contributed by atoms with Crippen molar-refractivity contribution in [2.75, 3.05) is 23.3 Å². The Morgan fingerprint density at radius 2 is 2.00 bits per heavy atom. The molecule has 1 fully saturated rings. The van der Waals surface area contributed by atoms with E-state index < -0.39 is 10.8 Å². The van der Waals surface area contributed by atoms with Gasteiger partial charge in [-0.1, -0.05) is 0 Å². The van der Waals surface area contributed by atoms with E-state index in [0.717, 1.165) is 55.5 Å². The lowest BCUT2D eigenvalue weighted by Gasteiger charge is -2.33. The number of carbonyl (C=O) groups excluding carboxylic acids is 1. The highest BCUT2D eigenvalue weighted by molar-refractivity contribution is 5.98. The largest absolute Gasteiger partial charge is 0.367 e. The Hall–Kier alpha value is -3.30. The van der Waals surface area contributed by atoms with Crippen molar-refractivity contribution in [3.63, 3.8) is 0 Å². The Bertz CT molecular complexity index is 859. The van der Waals surface area contributed by atoms with Crippen LogP contribution in [0.5, 0.6) is 0 Å². The molecule has 0 radical (unpaired) electrons. The van der Waals surface area contributed by atoms with Gasteiger partial charge < -0.3 is 16.0 Å². The monoisotopic (exact) mass is 371 g/mol. The summed E-state index contributed by atoms with van der Waals surface area (Å²) < 4.78 is 0. The number of nitro groups is 1. The second-order valence-corrected chi connectivity index (χ2v) is 6.53. The molecule has 142 valence electrons. The molecule has 3 rings (SSSR count). The summed E-state index contributed by atoms with van der Waals surface area (Å²) >= 11 is 0. The van der Waals surface area contributed by atoms with Gasteiger partial charge in [0.25, 0.3) is 11.6 Å². The molecule has 10 heteroatoms.